The Hall–Kier alpha value is -1.73. The maximum Gasteiger partial charge on any atom is 0.274 e. The number of aryl methyl sites for hydroxylation is 1. The maximum atomic E-state index is 13.5. The SMILES string of the molecule is Cc1nc(C(=O)N2[C@H]3CCC[C@]3(C(N)=O)C[C@@H]2C)c(-c2ccc(Br)cc2)s1. The van der Waals surface area contributed by atoms with Crippen LogP contribution in [0.5, 0.6) is 0 Å². The van der Waals surface area contributed by atoms with Crippen LogP contribution < -0.4 is 5.73 Å². The first kappa shape index (κ1) is 18.6. The minimum absolute atomic E-state index is 0.0185. The van der Waals surface area contributed by atoms with Crippen LogP contribution in [0.1, 0.15) is 48.1 Å². The molecule has 0 spiro atoms. The molecule has 1 saturated carbocycles. The topological polar surface area (TPSA) is 76.3 Å². The highest BCUT2D eigenvalue weighted by Gasteiger charge is 2.58. The third-order valence-electron chi connectivity index (χ3n) is 5.98. The van der Waals surface area contributed by atoms with Crippen LogP contribution in [-0.2, 0) is 4.79 Å². The van der Waals surface area contributed by atoms with Crippen molar-refractivity contribution in [3.63, 3.8) is 0 Å². The maximum absolute atomic E-state index is 13.5. The quantitative estimate of drug-likeness (QED) is 0.767. The van der Waals surface area contributed by atoms with Crippen molar-refractivity contribution < 1.29 is 9.59 Å². The molecule has 2 aliphatic rings. The Morgan fingerprint density at radius 3 is 2.70 bits per heavy atom. The number of hydrogen-bond donors (Lipinski definition) is 1. The summed E-state index contributed by atoms with van der Waals surface area (Å²) in [5.41, 5.74) is 6.67. The van der Waals surface area contributed by atoms with E-state index in [2.05, 4.69) is 20.9 Å². The van der Waals surface area contributed by atoms with Crippen LogP contribution in [0.15, 0.2) is 28.7 Å². The number of halogens is 1. The summed E-state index contributed by atoms with van der Waals surface area (Å²) in [4.78, 5) is 33.1. The second-order valence-corrected chi connectivity index (χ2v) is 9.73. The Morgan fingerprint density at radius 2 is 2.04 bits per heavy atom. The largest absolute Gasteiger partial charge is 0.369 e. The lowest BCUT2D eigenvalue weighted by Gasteiger charge is -2.30. The molecule has 7 heteroatoms. The molecule has 1 aliphatic heterocycles. The number of carbonyl (C=O) groups excluding carboxylic acids is 2. The molecule has 1 aromatic carbocycles. The summed E-state index contributed by atoms with van der Waals surface area (Å²) in [6.45, 7) is 3.93. The average molecular weight is 448 g/mol. The minimum atomic E-state index is -0.572. The van der Waals surface area contributed by atoms with Crippen molar-refractivity contribution in [3.8, 4) is 10.4 Å². The van der Waals surface area contributed by atoms with Gasteiger partial charge in [-0.1, -0.05) is 34.5 Å². The van der Waals surface area contributed by atoms with E-state index in [4.69, 9.17) is 5.73 Å². The number of carbonyl (C=O) groups is 2. The third kappa shape index (κ3) is 2.91. The van der Waals surface area contributed by atoms with Crippen molar-refractivity contribution in [3.05, 3.63) is 39.4 Å². The lowest BCUT2D eigenvalue weighted by Crippen LogP contribution is -2.46. The second kappa shape index (κ2) is 6.71. The summed E-state index contributed by atoms with van der Waals surface area (Å²) >= 11 is 4.98. The van der Waals surface area contributed by atoms with Gasteiger partial charge in [0.1, 0.15) is 5.69 Å². The highest BCUT2D eigenvalue weighted by Crippen LogP contribution is 2.51. The van der Waals surface area contributed by atoms with Gasteiger partial charge >= 0.3 is 0 Å². The zero-order valence-electron chi connectivity index (χ0n) is 15.4. The molecular formula is C20H22BrN3O2S. The molecule has 142 valence electrons. The molecule has 1 aliphatic carbocycles. The van der Waals surface area contributed by atoms with Gasteiger partial charge in [-0.2, -0.15) is 0 Å². The smallest absolute Gasteiger partial charge is 0.274 e. The first-order valence-corrected chi connectivity index (χ1v) is 10.8. The van der Waals surface area contributed by atoms with Crippen LogP contribution in [0.25, 0.3) is 10.4 Å². The fourth-order valence-corrected chi connectivity index (χ4v) is 6.03. The summed E-state index contributed by atoms with van der Waals surface area (Å²) in [5.74, 6) is -0.352. The van der Waals surface area contributed by atoms with E-state index < -0.39 is 5.41 Å². The van der Waals surface area contributed by atoms with Crippen molar-refractivity contribution in [1.29, 1.82) is 0 Å². The number of fused-ring (bicyclic) bond motifs is 1. The minimum Gasteiger partial charge on any atom is -0.369 e. The third-order valence-corrected chi connectivity index (χ3v) is 7.53. The molecule has 2 heterocycles. The number of aromatic nitrogens is 1. The Morgan fingerprint density at radius 1 is 1.33 bits per heavy atom. The molecule has 27 heavy (non-hydrogen) atoms. The van der Waals surface area contributed by atoms with Crippen molar-refractivity contribution in [1.82, 2.24) is 9.88 Å². The molecular weight excluding hydrogens is 426 g/mol. The van der Waals surface area contributed by atoms with Crippen molar-refractivity contribution >= 4 is 39.1 Å². The number of rotatable bonds is 3. The van der Waals surface area contributed by atoms with Crippen LogP contribution >= 0.6 is 27.3 Å². The van der Waals surface area contributed by atoms with Gasteiger partial charge in [-0.15, -0.1) is 11.3 Å². The first-order chi connectivity index (χ1) is 12.8. The number of amides is 2. The number of thiazole rings is 1. The van der Waals surface area contributed by atoms with Gasteiger partial charge in [0.2, 0.25) is 5.91 Å². The number of nitrogens with zero attached hydrogens (tertiary/aromatic N) is 2. The van der Waals surface area contributed by atoms with Gasteiger partial charge in [0.25, 0.3) is 5.91 Å². The lowest BCUT2D eigenvalue weighted by atomic mass is 9.80. The van der Waals surface area contributed by atoms with E-state index in [0.29, 0.717) is 12.1 Å². The molecule has 0 radical (unpaired) electrons. The van der Waals surface area contributed by atoms with Crippen LogP contribution in [0.3, 0.4) is 0 Å². The number of nitrogens with two attached hydrogens (primary N) is 1. The lowest BCUT2D eigenvalue weighted by molar-refractivity contribution is -0.127. The molecule has 0 bridgehead atoms. The number of primary amides is 1. The fourth-order valence-electron chi connectivity index (χ4n) is 4.85. The van der Waals surface area contributed by atoms with Gasteiger partial charge in [-0.3, -0.25) is 9.59 Å². The standard InChI is InChI=1S/C20H22BrN3O2S/c1-11-10-20(19(22)26)9-3-4-15(20)24(11)18(25)16-17(27-12(2)23-16)13-5-7-14(21)8-6-13/h5-8,11,15H,3-4,9-10H2,1-2H3,(H2,22,26)/t11-,15-,20-/m0/s1. The average Bonchev–Trinajstić information content (AvgIpc) is 3.27. The molecule has 5 nitrogen and oxygen atoms in total. The summed E-state index contributed by atoms with van der Waals surface area (Å²) in [5, 5.41) is 0.857. The van der Waals surface area contributed by atoms with Crippen molar-refractivity contribution in [2.45, 2.75) is 51.6 Å². The van der Waals surface area contributed by atoms with E-state index in [-0.39, 0.29) is 23.9 Å². The fraction of sp³-hybridized carbons (Fsp3) is 0.450. The molecule has 3 atom stereocenters. The summed E-state index contributed by atoms with van der Waals surface area (Å²) in [6, 6.07) is 7.78. The summed E-state index contributed by atoms with van der Waals surface area (Å²) in [6.07, 6.45) is 3.18. The second-order valence-electron chi connectivity index (χ2n) is 7.61. The molecule has 2 aromatic rings. The zero-order chi connectivity index (χ0) is 19.3. The Kier molecular flexibility index (Phi) is 4.63. The predicted octanol–water partition coefficient (Wildman–Crippen LogP) is 4.14. The molecule has 1 aromatic heterocycles. The van der Waals surface area contributed by atoms with Gasteiger partial charge in [0, 0.05) is 16.6 Å². The van der Waals surface area contributed by atoms with Crippen LogP contribution in [0.2, 0.25) is 0 Å². The Balaban J connectivity index is 1.74. The van der Waals surface area contributed by atoms with E-state index in [1.807, 2.05) is 43.0 Å². The molecule has 2 fully saturated rings. The molecule has 1 saturated heterocycles. The van der Waals surface area contributed by atoms with E-state index in [0.717, 1.165) is 39.2 Å². The van der Waals surface area contributed by atoms with E-state index in [9.17, 15) is 9.59 Å². The highest BCUT2D eigenvalue weighted by molar-refractivity contribution is 9.10. The van der Waals surface area contributed by atoms with Crippen molar-refractivity contribution in [2.24, 2.45) is 11.1 Å². The normalized spacial score (nSPS) is 27.0. The molecule has 4 rings (SSSR count). The van der Waals surface area contributed by atoms with E-state index in [1.165, 1.54) is 11.3 Å². The van der Waals surface area contributed by atoms with E-state index >= 15 is 0 Å². The van der Waals surface area contributed by atoms with Gasteiger partial charge < -0.3 is 10.6 Å². The molecule has 2 amide bonds. The monoisotopic (exact) mass is 447 g/mol. The van der Waals surface area contributed by atoms with E-state index in [1.54, 1.807) is 0 Å². The van der Waals surface area contributed by atoms with Gasteiger partial charge in [0.15, 0.2) is 0 Å². The zero-order valence-corrected chi connectivity index (χ0v) is 17.8. The summed E-state index contributed by atoms with van der Waals surface area (Å²) in [7, 11) is 0. The van der Waals surface area contributed by atoms with Crippen LogP contribution in [0.4, 0.5) is 0 Å². The van der Waals surface area contributed by atoms with Gasteiger partial charge in [-0.25, -0.2) is 4.98 Å². The van der Waals surface area contributed by atoms with Crippen LogP contribution in [-0.4, -0.2) is 33.8 Å². The first-order valence-electron chi connectivity index (χ1n) is 9.19. The van der Waals surface area contributed by atoms with Crippen molar-refractivity contribution in [2.75, 3.05) is 0 Å². The van der Waals surface area contributed by atoms with Gasteiger partial charge in [-0.05, 0) is 50.8 Å². The number of benzene rings is 1. The predicted molar refractivity (Wildman–Crippen MR) is 110 cm³/mol. The summed E-state index contributed by atoms with van der Waals surface area (Å²) < 4.78 is 0.991. The van der Waals surface area contributed by atoms with Gasteiger partial charge in [0.05, 0.1) is 15.3 Å². The molecule has 0 unspecified atom stereocenters. The Labute approximate surface area is 171 Å². The number of hydrogen-bond acceptors (Lipinski definition) is 4. The number of likely N-dealkylation sites (tertiary alicyclic amines) is 1. The molecule has 2 N–H and O–H groups in total. The highest BCUT2D eigenvalue weighted by atomic mass is 79.9. The Bertz CT molecular complexity index is 910. The van der Waals surface area contributed by atoms with Crippen LogP contribution in [0, 0.1) is 12.3 Å².